The molecule has 0 heterocycles. The molecule has 1 rings (SSSR count). The second-order valence-corrected chi connectivity index (χ2v) is 3.49. The highest BCUT2D eigenvalue weighted by atomic mass is 35.5. The molecule has 0 bridgehead atoms. The van der Waals surface area contributed by atoms with Gasteiger partial charge in [-0.1, -0.05) is 37.3 Å². The molecule has 3 nitrogen and oxygen atoms in total. The van der Waals surface area contributed by atoms with Gasteiger partial charge in [0.1, 0.15) is 6.04 Å². The van der Waals surface area contributed by atoms with Crippen LogP contribution in [0.1, 0.15) is 24.8 Å². The summed E-state index contributed by atoms with van der Waals surface area (Å²) in [6.07, 6.45) is 0.472. The molecule has 84 valence electrons. The fourth-order valence-electron chi connectivity index (χ4n) is 1.40. The van der Waals surface area contributed by atoms with Crippen LogP contribution < -0.4 is 5.73 Å². The summed E-state index contributed by atoms with van der Waals surface area (Å²) in [5.74, 6) is -0.755. The van der Waals surface area contributed by atoms with Gasteiger partial charge in [-0.2, -0.15) is 0 Å². The summed E-state index contributed by atoms with van der Waals surface area (Å²) in [5.41, 5.74) is 6.58. The summed E-state index contributed by atoms with van der Waals surface area (Å²) in [5, 5.41) is 8.65. The Bertz CT molecular complexity index is 303. The predicted molar refractivity (Wildman–Crippen MR) is 62.3 cm³/mol. The summed E-state index contributed by atoms with van der Waals surface area (Å²) in [7, 11) is 0. The van der Waals surface area contributed by atoms with Gasteiger partial charge in [-0.05, 0) is 17.9 Å². The van der Waals surface area contributed by atoms with E-state index in [-0.39, 0.29) is 18.3 Å². The minimum atomic E-state index is -0.937. The van der Waals surface area contributed by atoms with Gasteiger partial charge in [0, 0.05) is 0 Å². The Balaban J connectivity index is 0.00000196. The van der Waals surface area contributed by atoms with Crippen molar-refractivity contribution in [3.05, 3.63) is 35.9 Å². The zero-order valence-corrected chi connectivity index (χ0v) is 9.41. The van der Waals surface area contributed by atoms with Gasteiger partial charge in [0.05, 0.1) is 0 Å². The molecule has 0 radical (unpaired) electrons. The number of halogens is 1. The van der Waals surface area contributed by atoms with Gasteiger partial charge in [0.25, 0.3) is 0 Å². The lowest BCUT2D eigenvalue weighted by Gasteiger charge is -2.14. The quantitative estimate of drug-likeness (QED) is 0.830. The van der Waals surface area contributed by atoms with Gasteiger partial charge < -0.3 is 10.8 Å². The zero-order chi connectivity index (χ0) is 10.6. The fourth-order valence-corrected chi connectivity index (χ4v) is 1.40. The van der Waals surface area contributed by atoms with E-state index in [9.17, 15) is 4.79 Å². The normalized spacial score (nSPS) is 13.7. The van der Waals surface area contributed by atoms with Crippen LogP contribution in [0.4, 0.5) is 0 Å². The van der Waals surface area contributed by atoms with Gasteiger partial charge in [0.2, 0.25) is 0 Å². The molecule has 0 amide bonds. The van der Waals surface area contributed by atoms with Crippen molar-refractivity contribution in [2.45, 2.75) is 25.3 Å². The van der Waals surface area contributed by atoms with Gasteiger partial charge in [-0.25, -0.2) is 0 Å². The third kappa shape index (κ3) is 4.32. The minimum absolute atomic E-state index is 0. The van der Waals surface area contributed by atoms with E-state index in [0.29, 0.717) is 6.42 Å². The number of carboxylic acids is 1. The van der Waals surface area contributed by atoms with Crippen molar-refractivity contribution >= 4 is 18.4 Å². The Labute approximate surface area is 95.7 Å². The number of hydrogen-bond acceptors (Lipinski definition) is 2. The summed E-state index contributed by atoms with van der Waals surface area (Å²) in [6, 6.07) is 9.02. The first-order chi connectivity index (χ1) is 6.61. The number of hydrogen-bond donors (Lipinski definition) is 2. The molecule has 0 aliphatic carbocycles. The highest BCUT2D eigenvalue weighted by Crippen LogP contribution is 2.19. The Morgan fingerprint density at radius 1 is 1.40 bits per heavy atom. The first-order valence-corrected chi connectivity index (χ1v) is 4.64. The highest BCUT2D eigenvalue weighted by Gasteiger charge is 2.16. The SMILES string of the molecule is CC(CC(N)C(=O)O)c1ccccc1.Cl. The first-order valence-electron chi connectivity index (χ1n) is 4.64. The molecular weight excluding hydrogens is 214 g/mol. The van der Waals surface area contributed by atoms with Crippen molar-refractivity contribution in [2.24, 2.45) is 5.73 Å². The lowest BCUT2D eigenvalue weighted by molar-refractivity contribution is -0.138. The van der Waals surface area contributed by atoms with Crippen LogP contribution in [0.25, 0.3) is 0 Å². The summed E-state index contributed by atoms with van der Waals surface area (Å²) in [6.45, 7) is 1.98. The molecule has 0 aliphatic heterocycles. The average molecular weight is 230 g/mol. The standard InChI is InChI=1S/C11H15NO2.ClH/c1-8(7-10(12)11(13)14)9-5-3-2-4-6-9;/h2-6,8,10H,7,12H2,1H3,(H,13,14);1H. The van der Waals surface area contributed by atoms with E-state index in [0.717, 1.165) is 5.56 Å². The molecule has 0 fully saturated rings. The molecule has 0 aromatic heterocycles. The smallest absolute Gasteiger partial charge is 0.320 e. The third-order valence-corrected chi connectivity index (χ3v) is 2.29. The maximum absolute atomic E-state index is 10.5. The van der Waals surface area contributed by atoms with Crippen molar-refractivity contribution in [2.75, 3.05) is 0 Å². The summed E-state index contributed by atoms with van der Waals surface area (Å²) >= 11 is 0. The Hall–Kier alpha value is -1.06. The van der Waals surface area contributed by atoms with E-state index in [4.69, 9.17) is 10.8 Å². The minimum Gasteiger partial charge on any atom is -0.480 e. The van der Waals surface area contributed by atoms with Crippen LogP contribution in [0.3, 0.4) is 0 Å². The number of carboxylic acid groups (broad SMARTS) is 1. The van der Waals surface area contributed by atoms with Crippen LogP contribution >= 0.6 is 12.4 Å². The zero-order valence-electron chi connectivity index (χ0n) is 8.59. The second-order valence-electron chi connectivity index (χ2n) is 3.49. The average Bonchev–Trinajstić information content (AvgIpc) is 2.19. The number of rotatable bonds is 4. The van der Waals surface area contributed by atoms with E-state index in [1.807, 2.05) is 37.3 Å². The third-order valence-electron chi connectivity index (χ3n) is 2.29. The van der Waals surface area contributed by atoms with Crippen molar-refractivity contribution in [3.63, 3.8) is 0 Å². The van der Waals surface area contributed by atoms with Crippen molar-refractivity contribution in [3.8, 4) is 0 Å². The van der Waals surface area contributed by atoms with Crippen LogP contribution in [0, 0.1) is 0 Å². The van der Waals surface area contributed by atoms with Crippen LogP contribution in [0.15, 0.2) is 30.3 Å². The number of carbonyl (C=O) groups is 1. The number of nitrogens with two attached hydrogens (primary N) is 1. The lowest BCUT2D eigenvalue weighted by atomic mass is 9.94. The number of aliphatic carboxylic acids is 1. The van der Waals surface area contributed by atoms with Crippen molar-refractivity contribution < 1.29 is 9.90 Å². The molecule has 0 spiro atoms. The monoisotopic (exact) mass is 229 g/mol. The molecular formula is C11H16ClNO2. The first kappa shape index (κ1) is 13.9. The molecule has 2 atom stereocenters. The lowest BCUT2D eigenvalue weighted by Crippen LogP contribution is -2.31. The van der Waals surface area contributed by atoms with Crippen molar-refractivity contribution in [1.29, 1.82) is 0 Å². The van der Waals surface area contributed by atoms with Crippen LogP contribution in [-0.2, 0) is 4.79 Å². The summed E-state index contributed by atoms with van der Waals surface area (Å²) in [4.78, 5) is 10.5. The Morgan fingerprint density at radius 3 is 2.40 bits per heavy atom. The predicted octanol–water partition coefficient (Wildman–Crippen LogP) is 2.01. The second kappa shape index (κ2) is 6.43. The molecule has 15 heavy (non-hydrogen) atoms. The topological polar surface area (TPSA) is 63.3 Å². The molecule has 4 heteroatoms. The van der Waals surface area contributed by atoms with Crippen LogP contribution in [0.5, 0.6) is 0 Å². The Morgan fingerprint density at radius 2 is 1.93 bits per heavy atom. The van der Waals surface area contributed by atoms with Crippen LogP contribution in [0.2, 0.25) is 0 Å². The van der Waals surface area contributed by atoms with E-state index in [1.165, 1.54) is 0 Å². The van der Waals surface area contributed by atoms with Gasteiger partial charge in [0.15, 0.2) is 0 Å². The summed E-state index contributed by atoms with van der Waals surface area (Å²) < 4.78 is 0. The molecule has 0 saturated carbocycles. The van der Waals surface area contributed by atoms with Gasteiger partial charge in [-0.3, -0.25) is 4.79 Å². The number of benzene rings is 1. The molecule has 0 saturated heterocycles. The van der Waals surface area contributed by atoms with E-state index in [2.05, 4.69) is 0 Å². The molecule has 1 aromatic rings. The Kier molecular flexibility index (Phi) is 5.97. The molecule has 0 aliphatic rings. The molecule has 3 N–H and O–H groups in total. The fraction of sp³-hybridized carbons (Fsp3) is 0.364. The highest BCUT2D eigenvalue weighted by molar-refractivity contribution is 5.85. The van der Waals surface area contributed by atoms with E-state index < -0.39 is 12.0 Å². The van der Waals surface area contributed by atoms with Gasteiger partial charge in [-0.15, -0.1) is 12.4 Å². The van der Waals surface area contributed by atoms with Gasteiger partial charge >= 0.3 is 5.97 Å². The molecule has 2 unspecified atom stereocenters. The largest absolute Gasteiger partial charge is 0.480 e. The van der Waals surface area contributed by atoms with E-state index in [1.54, 1.807) is 0 Å². The maximum Gasteiger partial charge on any atom is 0.320 e. The van der Waals surface area contributed by atoms with E-state index >= 15 is 0 Å². The molecule has 1 aromatic carbocycles. The van der Waals surface area contributed by atoms with Crippen molar-refractivity contribution in [1.82, 2.24) is 0 Å². The van der Waals surface area contributed by atoms with Crippen LogP contribution in [-0.4, -0.2) is 17.1 Å². The maximum atomic E-state index is 10.5.